The van der Waals surface area contributed by atoms with Gasteiger partial charge >= 0.3 is 0 Å². The number of allylic oxidation sites excluding steroid dienone is 1. The fourth-order valence-corrected chi connectivity index (χ4v) is 8.15. The molecular weight excluding hydrogens is 726 g/mol. The van der Waals surface area contributed by atoms with Crippen molar-refractivity contribution in [2.24, 2.45) is 16.8 Å². The summed E-state index contributed by atoms with van der Waals surface area (Å²) in [5, 5.41) is 23.6. The van der Waals surface area contributed by atoms with Gasteiger partial charge in [-0.25, -0.2) is 14.6 Å². The zero-order valence-corrected chi connectivity index (χ0v) is 31.4. The van der Waals surface area contributed by atoms with Gasteiger partial charge in [0.05, 0.1) is 35.5 Å². The molecule has 3 atom stereocenters. The monoisotopic (exact) mass is 769 g/mol. The summed E-state index contributed by atoms with van der Waals surface area (Å²) in [5.41, 5.74) is 3.92. The van der Waals surface area contributed by atoms with Crippen LogP contribution in [0, 0.1) is 29.0 Å². The zero-order chi connectivity index (χ0) is 39.3. The molecule has 4 aliphatic heterocycles. The third-order valence-electron chi connectivity index (χ3n) is 11.2. The number of imide groups is 1. The molecule has 14 heteroatoms. The number of amides is 2. The molecule has 0 bridgehead atoms. The van der Waals surface area contributed by atoms with E-state index >= 15 is 4.39 Å². The van der Waals surface area contributed by atoms with Gasteiger partial charge in [0.2, 0.25) is 11.8 Å². The number of hydrogen-bond acceptors (Lipinski definition) is 11. The molecule has 4 aliphatic rings. The average Bonchev–Trinajstić information content (AvgIpc) is 3.22. The fraction of sp³-hybridized carbons (Fsp3) is 0.349. The molecular formula is C43H44FN9O4. The van der Waals surface area contributed by atoms with Crippen molar-refractivity contribution in [3.63, 3.8) is 0 Å². The number of anilines is 2. The minimum atomic E-state index is -0.558. The van der Waals surface area contributed by atoms with Crippen LogP contribution in [-0.2, 0) is 14.4 Å². The number of aromatic nitrogens is 2. The lowest BCUT2D eigenvalue weighted by Crippen LogP contribution is -2.53. The van der Waals surface area contributed by atoms with Gasteiger partial charge in [-0.1, -0.05) is 42.5 Å². The van der Waals surface area contributed by atoms with Crippen LogP contribution in [0.25, 0.3) is 11.3 Å². The van der Waals surface area contributed by atoms with E-state index in [9.17, 15) is 19.6 Å². The summed E-state index contributed by atoms with van der Waals surface area (Å²) in [4.78, 5) is 52.9. The summed E-state index contributed by atoms with van der Waals surface area (Å²) in [6.45, 7) is 4.92. The highest BCUT2D eigenvalue weighted by molar-refractivity contribution is 6.01. The molecule has 2 amide bonds. The third-order valence-corrected chi connectivity index (χ3v) is 11.2. The Morgan fingerprint density at radius 3 is 2.56 bits per heavy atom. The number of rotatable bonds is 12. The van der Waals surface area contributed by atoms with Crippen LogP contribution in [0.4, 0.5) is 15.8 Å². The highest BCUT2D eigenvalue weighted by Crippen LogP contribution is 2.34. The van der Waals surface area contributed by atoms with Crippen molar-refractivity contribution in [3.05, 3.63) is 124 Å². The van der Waals surface area contributed by atoms with Gasteiger partial charge in [0.1, 0.15) is 11.9 Å². The van der Waals surface area contributed by atoms with Gasteiger partial charge in [0.15, 0.2) is 6.17 Å². The summed E-state index contributed by atoms with van der Waals surface area (Å²) in [6.07, 6.45) is 7.48. The summed E-state index contributed by atoms with van der Waals surface area (Å²) in [6, 6.07) is 25.3. The van der Waals surface area contributed by atoms with Crippen LogP contribution in [0.1, 0.15) is 48.3 Å². The first-order chi connectivity index (χ1) is 27.8. The lowest BCUT2D eigenvalue weighted by Gasteiger charge is -2.44. The Labute approximate surface area is 329 Å². The number of hydroxylamine groups is 2. The molecule has 0 spiro atoms. The lowest BCUT2D eigenvalue weighted by molar-refractivity contribution is -0.164. The number of aromatic amines is 1. The summed E-state index contributed by atoms with van der Waals surface area (Å²) in [7, 11) is 0. The van der Waals surface area contributed by atoms with Crippen molar-refractivity contribution >= 4 is 29.4 Å². The SMILES string of the molecule is N#Cc1cccc(-c2cc(C(c3ccccc3)C3N=CC=CN3OCC3CCN(CC4CN(c5ccc(NC6CCC(=O)NC6=O)cc5F)C4)CC3)c(=O)[nH]n2)c1. The molecule has 4 aromatic rings. The molecule has 0 saturated carbocycles. The van der Waals surface area contributed by atoms with Crippen molar-refractivity contribution in [2.45, 2.75) is 43.8 Å². The van der Waals surface area contributed by atoms with Crippen LogP contribution in [0.5, 0.6) is 0 Å². The van der Waals surface area contributed by atoms with Crippen molar-refractivity contribution in [2.75, 3.05) is 49.5 Å². The maximum absolute atomic E-state index is 15.1. The minimum Gasteiger partial charge on any atom is -0.374 e. The number of halogens is 1. The third kappa shape index (κ3) is 8.65. The number of likely N-dealkylation sites (tertiary alicyclic amines) is 1. The summed E-state index contributed by atoms with van der Waals surface area (Å²) >= 11 is 0. The van der Waals surface area contributed by atoms with Crippen LogP contribution < -0.4 is 21.1 Å². The minimum absolute atomic E-state index is 0.259. The molecule has 292 valence electrons. The van der Waals surface area contributed by atoms with Gasteiger partial charge in [0.25, 0.3) is 5.56 Å². The zero-order valence-electron chi connectivity index (χ0n) is 31.4. The van der Waals surface area contributed by atoms with E-state index < -0.39 is 18.1 Å². The molecule has 3 fully saturated rings. The number of nitriles is 1. The predicted molar refractivity (Wildman–Crippen MR) is 214 cm³/mol. The Morgan fingerprint density at radius 1 is 0.965 bits per heavy atom. The second-order valence-electron chi connectivity index (χ2n) is 15.2. The van der Waals surface area contributed by atoms with E-state index in [2.05, 4.69) is 36.7 Å². The van der Waals surface area contributed by atoms with Gasteiger partial charge in [-0.15, -0.1) is 0 Å². The highest BCUT2D eigenvalue weighted by Gasteiger charge is 2.35. The molecule has 0 aliphatic carbocycles. The highest BCUT2D eigenvalue weighted by atomic mass is 19.1. The number of nitrogens with zero attached hydrogens (tertiary/aromatic N) is 6. The van der Waals surface area contributed by atoms with E-state index in [1.807, 2.05) is 48.7 Å². The van der Waals surface area contributed by atoms with E-state index in [1.165, 1.54) is 6.07 Å². The van der Waals surface area contributed by atoms with E-state index in [0.29, 0.717) is 53.1 Å². The van der Waals surface area contributed by atoms with E-state index in [1.54, 1.807) is 47.7 Å². The second kappa shape index (κ2) is 16.9. The van der Waals surface area contributed by atoms with Crippen LogP contribution in [0.2, 0.25) is 0 Å². The number of carbonyl (C=O) groups is 2. The van der Waals surface area contributed by atoms with Gasteiger partial charge < -0.3 is 15.1 Å². The summed E-state index contributed by atoms with van der Waals surface area (Å²) in [5.74, 6) is -0.700. The number of aliphatic imine (C=N–C) groups is 1. The molecule has 13 nitrogen and oxygen atoms in total. The first-order valence-corrected chi connectivity index (χ1v) is 19.4. The Hall–Kier alpha value is -6.17. The number of carbonyl (C=O) groups excluding carboxylic acids is 2. The first kappa shape index (κ1) is 37.7. The topological polar surface area (TPSA) is 159 Å². The molecule has 3 N–H and O–H groups in total. The van der Waals surface area contributed by atoms with E-state index in [-0.39, 0.29) is 29.6 Å². The number of hydrogen-bond donors (Lipinski definition) is 3. The van der Waals surface area contributed by atoms with Crippen LogP contribution in [0.3, 0.4) is 0 Å². The summed E-state index contributed by atoms with van der Waals surface area (Å²) < 4.78 is 15.1. The number of benzene rings is 3. The Bertz CT molecular complexity index is 2260. The Balaban J connectivity index is 0.851. The molecule has 3 aromatic carbocycles. The average molecular weight is 770 g/mol. The molecule has 0 radical (unpaired) electrons. The van der Waals surface area contributed by atoms with Gasteiger partial charge in [0, 0.05) is 61.2 Å². The van der Waals surface area contributed by atoms with Crippen LogP contribution >= 0.6 is 0 Å². The largest absolute Gasteiger partial charge is 0.374 e. The fourth-order valence-electron chi connectivity index (χ4n) is 8.15. The van der Waals surface area contributed by atoms with Gasteiger partial charge in [-0.3, -0.25) is 29.5 Å². The van der Waals surface area contributed by atoms with Crippen molar-refractivity contribution in [3.8, 4) is 17.3 Å². The molecule has 5 heterocycles. The maximum Gasteiger partial charge on any atom is 0.268 e. The van der Waals surface area contributed by atoms with E-state index in [4.69, 9.17) is 9.83 Å². The second-order valence-corrected chi connectivity index (χ2v) is 15.2. The number of piperidine rings is 2. The smallest absolute Gasteiger partial charge is 0.268 e. The van der Waals surface area contributed by atoms with Gasteiger partial charge in [-0.05, 0) is 86.3 Å². The lowest BCUT2D eigenvalue weighted by atomic mass is 9.88. The van der Waals surface area contributed by atoms with Crippen molar-refractivity contribution in [1.82, 2.24) is 25.5 Å². The normalized spacial score (nSPS) is 20.8. The van der Waals surface area contributed by atoms with Crippen LogP contribution in [-0.4, -0.2) is 89.7 Å². The maximum atomic E-state index is 15.1. The van der Waals surface area contributed by atoms with Crippen molar-refractivity contribution < 1.29 is 18.8 Å². The van der Waals surface area contributed by atoms with Gasteiger partial charge in [-0.2, -0.15) is 10.4 Å². The molecule has 57 heavy (non-hydrogen) atoms. The standard InChI is InChI=1S/C43H44FN9O4/c44-35-21-33(47-36-11-13-39(54)48-43(36)56)10-12-38(35)52-25-30(26-52)24-51-18-14-28(15-19-51)27-57-53-17-5-16-46-41(53)40(31-7-2-1-3-8-31)34-22-37(49-50-42(34)55)32-9-4-6-29(20-32)23-45/h1-10,12,16-17,20-22,28,30,36,40-41,47H,11,13-15,18-19,24-27H2,(H,50,55)(H,48,54,56). The Kier molecular flexibility index (Phi) is 11.2. The van der Waals surface area contributed by atoms with E-state index in [0.717, 1.165) is 56.7 Å². The number of H-pyrrole nitrogens is 1. The molecule has 8 rings (SSSR count). The molecule has 3 unspecified atom stereocenters. The molecule has 3 saturated heterocycles. The molecule has 1 aromatic heterocycles. The first-order valence-electron chi connectivity index (χ1n) is 19.4. The quantitative estimate of drug-likeness (QED) is 0.171. The van der Waals surface area contributed by atoms with Crippen LogP contribution in [0.15, 0.2) is 101 Å². The predicted octanol–water partition coefficient (Wildman–Crippen LogP) is 4.80. The van der Waals surface area contributed by atoms with Crippen molar-refractivity contribution in [1.29, 1.82) is 5.26 Å². The Morgan fingerprint density at radius 2 is 1.79 bits per heavy atom. The number of nitrogens with one attached hydrogen (secondary N) is 3.